The number of benzene rings is 3. The number of likely N-dealkylation sites (tertiary alicyclic amines) is 1. The zero-order valence-corrected chi connectivity index (χ0v) is 22.7. The largest absolute Gasteiger partial charge is 0.340 e. The topological polar surface area (TPSA) is 116 Å². The van der Waals surface area contributed by atoms with Gasteiger partial charge < -0.3 is 9.88 Å². The normalized spacial score (nSPS) is 17.0. The van der Waals surface area contributed by atoms with Crippen molar-refractivity contribution >= 4 is 23.6 Å². The summed E-state index contributed by atoms with van der Waals surface area (Å²) >= 11 is 6.28. The second-order valence-electron chi connectivity index (χ2n) is 9.80. The highest BCUT2D eigenvalue weighted by Gasteiger charge is 2.37. The van der Waals surface area contributed by atoms with Crippen LogP contribution in [-0.4, -0.2) is 47.5 Å². The van der Waals surface area contributed by atoms with E-state index in [4.69, 9.17) is 21.8 Å². The van der Waals surface area contributed by atoms with Gasteiger partial charge in [0, 0.05) is 29.1 Å². The number of hydrogen-bond donors (Lipinski definition) is 1. The number of tetrazole rings is 1. The summed E-state index contributed by atoms with van der Waals surface area (Å²) in [5.74, 6) is 0.650. The maximum Gasteiger partial charge on any atom is 0.247 e. The fourth-order valence-corrected chi connectivity index (χ4v) is 5.56. The maximum atomic E-state index is 13.8. The first kappa shape index (κ1) is 26.2. The van der Waals surface area contributed by atoms with E-state index in [2.05, 4.69) is 38.7 Å². The van der Waals surface area contributed by atoms with Crippen LogP contribution in [0.1, 0.15) is 47.3 Å². The number of halogens is 1. The highest BCUT2D eigenvalue weighted by Crippen LogP contribution is 2.42. The first-order valence-corrected chi connectivity index (χ1v) is 13.6. The third kappa shape index (κ3) is 5.51. The van der Waals surface area contributed by atoms with Crippen LogP contribution < -0.4 is 0 Å². The van der Waals surface area contributed by atoms with Crippen LogP contribution >= 0.6 is 11.6 Å². The van der Waals surface area contributed by atoms with E-state index in [1.807, 2.05) is 41.3 Å². The molecule has 9 nitrogen and oxygen atoms in total. The van der Waals surface area contributed by atoms with Crippen molar-refractivity contribution in [2.75, 3.05) is 6.54 Å². The van der Waals surface area contributed by atoms with Crippen LogP contribution in [-0.2, 0) is 4.79 Å². The van der Waals surface area contributed by atoms with Crippen LogP contribution in [0.25, 0.3) is 23.0 Å². The van der Waals surface area contributed by atoms with Gasteiger partial charge in [-0.05, 0) is 70.8 Å². The molecule has 2 unspecified atom stereocenters. The molecule has 3 aromatic carbocycles. The summed E-state index contributed by atoms with van der Waals surface area (Å²) in [6, 6.07) is 24.8. The molecule has 1 N–H and O–H groups in total. The van der Waals surface area contributed by atoms with Gasteiger partial charge in [-0.2, -0.15) is 9.94 Å². The molecule has 1 fully saturated rings. The number of aromatic nitrogens is 6. The minimum Gasteiger partial charge on any atom is -0.340 e. The van der Waals surface area contributed by atoms with Crippen molar-refractivity contribution < 1.29 is 4.79 Å². The highest BCUT2D eigenvalue weighted by atomic mass is 35.5. The van der Waals surface area contributed by atoms with E-state index in [0.29, 0.717) is 28.4 Å². The number of piperidine rings is 1. The van der Waals surface area contributed by atoms with Gasteiger partial charge in [0.2, 0.25) is 5.91 Å². The number of nitrogens with zero attached hydrogens (tertiary/aromatic N) is 7. The molecule has 5 aromatic rings. The molecule has 0 radical (unpaired) electrons. The predicted molar refractivity (Wildman–Crippen MR) is 155 cm³/mol. The van der Waals surface area contributed by atoms with Gasteiger partial charge in [-0.25, -0.2) is 4.98 Å². The second kappa shape index (κ2) is 11.6. The Balaban J connectivity index is 1.35. The predicted octanol–water partition coefficient (Wildman–Crippen LogP) is 5.74. The van der Waals surface area contributed by atoms with E-state index in [1.165, 1.54) is 11.0 Å². The summed E-state index contributed by atoms with van der Waals surface area (Å²) in [6.45, 7) is 0.597. The quantitative estimate of drug-likeness (QED) is 0.265. The van der Waals surface area contributed by atoms with E-state index in [-0.39, 0.29) is 17.9 Å². The fraction of sp³-hybridized carbons (Fsp3) is 0.161. The van der Waals surface area contributed by atoms with Gasteiger partial charge in [0.1, 0.15) is 12.2 Å². The molecule has 0 aliphatic carbocycles. The monoisotopic (exact) mass is 560 g/mol. The number of amides is 1. The van der Waals surface area contributed by atoms with E-state index in [1.54, 1.807) is 42.6 Å². The van der Waals surface area contributed by atoms with Crippen molar-refractivity contribution in [2.45, 2.75) is 24.8 Å². The summed E-state index contributed by atoms with van der Waals surface area (Å²) in [7, 11) is 0. The van der Waals surface area contributed by atoms with Gasteiger partial charge in [-0.15, -0.1) is 5.10 Å². The van der Waals surface area contributed by atoms with Crippen LogP contribution in [0.5, 0.6) is 0 Å². The van der Waals surface area contributed by atoms with Gasteiger partial charge in [0.15, 0.2) is 0 Å². The number of carbonyl (C=O) groups excluding carboxylic acids is 1. The molecule has 1 aliphatic rings. The van der Waals surface area contributed by atoms with Crippen molar-refractivity contribution in [2.24, 2.45) is 0 Å². The zero-order valence-electron chi connectivity index (χ0n) is 21.9. The molecule has 0 saturated carbocycles. The molecule has 0 spiro atoms. The molecule has 3 heterocycles. The van der Waals surface area contributed by atoms with Crippen molar-refractivity contribution in [3.05, 3.63) is 119 Å². The summed E-state index contributed by atoms with van der Waals surface area (Å²) in [6.07, 6.45) is 8.40. The number of imidazole rings is 1. The zero-order chi connectivity index (χ0) is 28.2. The number of aromatic amines is 1. The van der Waals surface area contributed by atoms with E-state index < -0.39 is 0 Å². The van der Waals surface area contributed by atoms with E-state index >= 15 is 0 Å². The molecule has 2 atom stereocenters. The molecule has 1 aliphatic heterocycles. The Hall–Kier alpha value is -5.07. The van der Waals surface area contributed by atoms with Gasteiger partial charge in [0.25, 0.3) is 0 Å². The van der Waals surface area contributed by atoms with Crippen LogP contribution in [0.4, 0.5) is 0 Å². The number of carbonyl (C=O) groups is 1. The minimum absolute atomic E-state index is 0.0604. The third-order valence-electron chi connectivity index (χ3n) is 7.33. The van der Waals surface area contributed by atoms with Crippen molar-refractivity contribution in [3.8, 4) is 23.0 Å². The van der Waals surface area contributed by atoms with Gasteiger partial charge in [0.05, 0.1) is 35.3 Å². The summed E-state index contributed by atoms with van der Waals surface area (Å²) in [5.41, 5.74) is 4.92. The van der Waals surface area contributed by atoms with Crippen LogP contribution in [0, 0.1) is 11.3 Å². The van der Waals surface area contributed by atoms with Crippen LogP contribution in [0.2, 0.25) is 5.02 Å². The van der Waals surface area contributed by atoms with Gasteiger partial charge >= 0.3 is 0 Å². The molecule has 1 amide bonds. The molecular weight excluding hydrogens is 536 g/mol. The number of rotatable bonds is 6. The van der Waals surface area contributed by atoms with Crippen LogP contribution in [0.15, 0.2) is 91.4 Å². The fourth-order valence-electron chi connectivity index (χ4n) is 5.38. The minimum atomic E-state index is -0.297. The molecule has 6 rings (SSSR count). The SMILES string of the molecule is N#Cc1ccc(-c2cnc(C3C(c4ccccc4)CCCN3C(=O)C=Cc3cc(Cl)ccc3-n3cnnn3)[nH]2)cc1. The molecule has 0 bridgehead atoms. The number of H-pyrrole nitrogens is 1. The number of nitriles is 1. The van der Waals surface area contributed by atoms with Gasteiger partial charge in [-0.3, -0.25) is 4.79 Å². The Morgan fingerprint density at radius 3 is 2.68 bits per heavy atom. The number of hydrogen-bond acceptors (Lipinski definition) is 6. The third-order valence-corrected chi connectivity index (χ3v) is 7.57. The average Bonchev–Trinajstić information content (AvgIpc) is 3.73. The maximum absolute atomic E-state index is 13.8. The standard InChI is InChI=1S/C31H25ClN8O/c32-25-13-14-28(40-20-35-37-38-40)24(17-25)12-15-29(41)39-16-4-7-26(22-5-2-1-3-6-22)30(39)31-34-19-27(36-31)23-10-8-21(18-33)9-11-23/h1-3,5-6,8-15,17,19-20,26,30H,4,7,16H2,(H,34,36). The van der Waals surface area contributed by atoms with E-state index in [0.717, 1.165) is 35.5 Å². The Labute approximate surface area is 241 Å². The lowest BCUT2D eigenvalue weighted by atomic mass is 9.83. The summed E-state index contributed by atoms with van der Waals surface area (Å²) < 4.78 is 1.53. The van der Waals surface area contributed by atoms with Crippen molar-refractivity contribution in [3.63, 3.8) is 0 Å². The Kier molecular flexibility index (Phi) is 7.39. The van der Waals surface area contributed by atoms with Gasteiger partial charge in [-0.1, -0.05) is 54.1 Å². The lowest BCUT2D eigenvalue weighted by molar-refractivity contribution is -0.130. The second-order valence-corrected chi connectivity index (χ2v) is 10.2. The molecular formula is C31H25ClN8O. The van der Waals surface area contributed by atoms with Crippen molar-refractivity contribution in [1.29, 1.82) is 5.26 Å². The summed E-state index contributed by atoms with van der Waals surface area (Å²) in [4.78, 5) is 24.0. The highest BCUT2D eigenvalue weighted by molar-refractivity contribution is 6.30. The molecule has 10 heteroatoms. The average molecular weight is 561 g/mol. The Morgan fingerprint density at radius 1 is 1.10 bits per heavy atom. The number of nitrogens with one attached hydrogen (secondary N) is 1. The summed E-state index contributed by atoms with van der Waals surface area (Å²) in [5, 5.41) is 21.1. The molecule has 41 heavy (non-hydrogen) atoms. The first-order chi connectivity index (χ1) is 20.1. The first-order valence-electron chi connectivity index (χ1n) is 13.2. The van der Waals surface area contributed by atoms with Crippen LogP contribution in [0.3, 0.4) is 0 Å². The molecule has 2 aromatic heterocycles. The lowest BCUT2D eigenvalue weighted by Gasteiger charge is -2.40. The van der Waals surface area contributed by atoms with E-state index in [9.17, 15) is 4.79 Å². The molecule has 202 valence electrons. The molecule has 1 saturated heterocycles. The Bertz CT molecular complexity index is 1720. The lowest BCUT2D eigenvalue weighted by Crippen LogP contribution is -2.41. The Morgan fingerprint density at radius 2 is 1.93 bits per heavy atom. The van der Waals surface area contributed by atoms with Crippen molar-refractivity contribution in [1.82, 2.24) is 35.1 Å². The smallest absolute Gasteiger partial charge is 0.247 e.